The van der Waals surface area contributed by atoms with Gasteiger partial charge in [0.15, 0.2) is 17.3 Å². The summed E-state index contributed by atoms with van der Waals surface area (Å²) in [4.78, 5) is 15.1. The first-order valence-corrected chi connectivity index (χ1v) is 11.0. The number of methoxy groups -OCH3 is 1. The van der Waals surface area contributed by atoms with Crippen molar-refractivity contribution >= 4 is 17.5 Å². The van der Waals surface area contributed by atoms with Crippen LogP contribution in [0.15, 0.2) is 77.3 Å². The van der Waals surface area contributed by atoms with Gasteiger partial charge in [-0.15, -0.1) is 0 Å². The van der Waals surface area contributed by atoms with Gasteiger partial charge >= 0.3 is 0 Å². The van der Waals surface area contributed by atoms with E-state index in [9.17, 15) is 4.79 Å². The van der Waals surface area contributed by atoms with Crippen molar-refractivity contribution < 1.29 is 23.5 Å². The highest BCUT2D eigenvalue weighted by Crippen LogP contribution is 2.33. The van der Waals surface area contributed by atoms with Crippen molar-refractivity contribution in [2.75, 3.05) is 13.9 Å². The van der Waals surface area contributed by atoms with E-state index >= 15 is 0 Å². The molecule has 0 radical (unpaired) electrons. The third-order valence-corrected chi connectivity index (χ3v) is 5.71. The van der Waals surface area contributed by atoms with E-state index in [1.165, 1.54) is 0 Å². The minimum absolute atomic E-state index is 0.153. The molecule has 7 nitrogen and oxygen atoms in total. The molecular formula is C26H21ClN2O5. The molecule has 1 amide bonds. The Morgan fingerprint density at radius 3 is 2.65 bits per heavy atom. The van der Waals surface area contributed by atoms with Crippen LogP contribution in [0.3, 0.4) is 0 Å². The molecule has 5 rings (SSSR count). The van der Waals surface area contributed by atoms with Crippen molar-refractivity contribution in [3.05, 3.63) is 94.6 Å². The molecule has 4 aromatic rings. The lowest BCUT2D eigenvalue weighted by Crippen LogP contribution is -2.30. The van der Waals surface area contributed by atoms with Crippen LogP contribution in [0.25, 0.3) is 11.3 Å². The molecule has 1 aliphatic heterocycles. The normalized spacial score (nSPS) is 11.9. The van der Waals surface area contributed by atoms with Crippen LogP contribution in [0, 0.1) is 0 Å². The predicted molar refractivity (Wildman–Crippen MR) is 126 cm³/mol. The van der Waals surface area contributed by atoms with Crippen molar-refractivity contribution in [1.82, 2.24) is 10.1 Å². The maximum Gasteiger partial charge on any atom is 0.254 e. The van der Waals surface area contributed by atoms with Crippen molar-refractivity contribution in [3.63, 3.8) is 0 Å². The smallest absolute Gasteiger partial charge is 0.254 e. The molecule has 1 aromatic heterocycles. The minimum Gasteiger partial charge on any atom is -0.497 e. The fraction of sp³-hybridized carbons (Fsp3) is 0.154. The molecule has 3 aromatic carbocycles. The van der Waals surface area contributed by atoms with Gasteiger partial charge in [0.2, 0.25) is 6.79 Å². The van der Waals surface area contributed by atoms with Crippen molar-refractivity contribution in [1.29, 1.82) is 0 Å². The van der Waals surface area contributed by atoms with E-state index in [4.69, 9.17) is 30.3 Å². The second-order valence-corrected chi connectivity index (χ2v) is 8.21. The van der Waals surface area contributed by atoms with E-state index in [1.807, 2.05) is 48.5 Å². The summed E-state index contributed by atoms with van der Waals surface area (Å²) < 4.78 is 21.7. The number of carbonyl (C=O) groups is 1. The van der Waals surface area contributed by atoms with Crippen LogP contribution in [0.1, 0.15) is 21.6 Å². The maximum atomic E-state index is 13.4. The summed E-state index contributed by atoms with van der Waals surface area (Å²) in [5.74, 6) is 2.52. The molecular weight excluding hydrogens is 456 g/mol. The SMILES string of the molecule is COc1cccc(-c2cc(CN(Cc3ccc4c(c3)OCO4)C(=O)c3ccc(Cl)cc3)no2)c1. The molecule has 34 heavy (non-hydrogen) atoms. The fourth-order valence-electron chi connectivity index (χ4n) is 3.73. The zero-order valence-electron chi connectivity index (χ0n) is 18.4. The van der Waals surface area contributed by atoms with Crippen LogP contribution in [-0.4, -0.2) is 29.9 Å². The van der Waals surface area contributed by atoms with Crippen LogP contribution in [0.5, 0.6) is 17.2 Å². The van der Waals surface area contributed by atoms with Gasteiger partial charge in [0.25, 0.3) is 5.91 Å². The third-order valence-electron chi connectivity index (χ3n) is 5.45. The Kier molecular flexibility index (Phi) is 6.10. The van der Waals surface area contributed by atoms with Crippen molar-refractivity contribution in [3.8, 4) is 28.6 Å². The van der Waals surface area contributed by atoms with Gasteiger partial charge in [-0.2, -0.15) is 0 Å². The number of aromatic nitrogens is 1. The monoisotopic (exact) mass is 476 g/mol. The molecule has 1 aliphatic rings. The number of nitrogens with zero attached hydrogens (tertiary/aromatic N) is 2. The summed E-state index contributed by atoms with van der Waals surface area (Å²) >= 11 is 6.01. The van der Waals surface area contributed by atoms with E-state index < -0.39 is 0 Å². The van der Waals surface area contributed by atoms with Gasteiger partial charge in [-0.25, -0.2) is 0 Å². The maximum absolute atomic E-state index is 13.4. The minimum atomic E-state index is -0.153. The molecule has 0 saturated heterocycles. The van der Waals surface area contributed by atoms with Crippen molar-refractivity contribution in [2.45, 2.75) is 13.1 Å². The molecule has 0 spiro atoms. The fourth-order valence-corrected chi connectivity index (χ4v) is 3.85. The average molecular weight is 477 g/mol. The average Bonchev–Trinajstić information content (AvgIpc) is 3.53. The van der Waals surface area contributed by atoms with Gasteiger partial charge in [-0.1, -0.05) is 35.0 Å². The number of benzene rings is 3. The van der Waals surface area contributed by atoms with E-state index in [2.05, 4.69) is 5.16 Å². The lowest BCUT2D eigenvalue weighted by molar-refractivity contribution is 0.0726. The molecule has 0 saturated carbocycles. The molecule has 2 heterocycles. The van der Waals surface area contributed by atoms with Crippen LogP contribution in [0.4, 0.5) is 0 Å². The van der Waals surface area contributed by atoms with Crippen LogP contribution in [-0.2, 0) is 13.1 Å². The number of halogens is 1. The highest BCUT2D eigenvalue weighted by atomic mass is 35.5. The summed E-state index contributed by atoms with van der Waals surface area (Å²) in [6.07, 6.45) is 0. The first-order chi connectivity index (χ1) is 16.6. The van der Waals surface area contributed by atoms with Crippen LogP contribution < -0.4 is 14.2 Å². The lowest BCUT2D eigenvalue weighted by atomic mass is 10.1. The number of amides is 1. The Morgan fingerprint density at radius 1 is 1.00 bits per heavy atom. The first-order valence-electron chi connectivity index (χ1n) is 10.6. The van der Waals surface area contributed by atoms with E-state index in [0.29, 0.717) is 40.1 Å². The van der Waals surface area contributed by atoms with Gasteiger partial charge in [0.1, 0.15) is 11.4 Å². The lowest BCUT2D eigenvalue weighted by Gasteiger charge is -2.22. The van der Waals surface area contributed by atoms with E-state index in [0.717, 1.165) is 16.9 Å². The number of carbonyl (C=O) groups excluding carboxylic acids is 1. The number of rotatable bonds is 7. The Morgan fingerprint density at radius 2 is 1.82 bits per heavy atom. The largest absolute Gasteiger partial charge is 0.497 e. The van der Waals surface area contributed by atoms with Gasteiger partial charge in [0, 0.05) is 28.8 Å². The molecule has 0 fully saturated rings. The zero-order chi connectivity index (χ0) is 23.5. The second kappa shape index (κ2) is 9.49. The quantitative estimate of drug-likeness (QED) is 0.347. The summed E-state index contributed by atoms with van der Waals surface area (Å²) in [6, 6.07) is 21.8. The highest BCUT2D eigenvalue weighted by molar-refractivity contribution is 6.30. The van der Waals surface area contributed by atoms with Crippen LogP contribution in [0.2, 0.25) is 5.02 Å². The Bertz CT molecular complexity index is 1320. The van der Waals surface area contributed by atoms with Crippen LogP contribution >= 0.6 is 11.6 Å². The van der Waals surface area contributed by atoms with Gasteiger partial charge in [0.05, 0.1) is 13.7 Å². The number of hydrogen-bond donors (Lipinski definition) is 0. The molecule has 172 valence electrons. The Hall–Kier alpha value is -3.97. The third kappa shape index (κ3) is 4.70. The molecule has 8 heteroatoms. The van der Waals surface area contributed by atoms with E-state index in [1.54, 1.807) is 36.3 Å². The number of ether oxygens (including phenoxy) is 3. The molecule has 0 bridgehead atoms. The molecule has 0 N–H and O–H groups in total. The summed E-state index contributed by atoms with van der Waals surface area (Å²) in [5.41, 5.74) is 2.90. The summed E-state index contributed by atoms with van der Waals surface area (Å²) in [5, 5.41) is 4.77. The predicted octanol–water partition coefficient (Wildman–Crippen LogP) is 5.57. The molecule has 0 atom stereocenters. The first kappa shape index (κ1) is 21.9. The molecule has 0 aliphatic carbocycles. The topological polar surface area (TPSA) is 74.0 Å². The van der Waals surface area contributed by atoms with E-state index in [-0.39, 0.29) is 19.2 Å². The standard InChI is InChI=1S/C26H21ClN2O5/c1-31-22-4-2-3-19(12-22)24-13-21(28-34-24)15-29(26(30)18-6-8-20(27)9-7-18)14-17-5-10-23-25(11-17)33-16-32-23/h2-13H,14-16H2,1H3. The number of fused-ring (bicyclic) bond motifs is 1. The number of hydrogen-bond acceptors (Lipinski definition) is 6. The van der Waals surface area contributed by atoms with Gasteiger partial charge < -0.3 is 23.6 Å². The Labute approximate surface area is 201 Å². The summed E-state index contributed by atoms with van der Waals surface area (Å²) in [6.45, 7) is 0.793. The second-order valence-electron chi connectivity index (χ2n) is 7.77. The molecule has 0 unspecified atom stereocenters. The Balaban J connectivity index is 1.41. The van der Waals surface area contributed by atoms with Crippen molar-refractivity contribution in [2.24, 2.45) is 0 Å². The highest BCUT2D eigenvalue weighted by Gasteiger charge is 2.21. The summed E-state index contributed by atoms with van der Waals surface area (Å²) in [7, 11) is 1.61. The van der Waals surface area contributed by atoms with Gasteiger partial charge in [-0.3, -0.25) is 4.79 Å². The van der Waals surface area contributed by atoms with Gasteiger partial charge in [-0.05, 0) is 54.1 Å². The zero-order valence-corrected chi connectivity index (χ0v) is 19.1.